The second kappa shape index (κ2) is 7.66. The predicted molar refractivity (Wildman–Crippen MR) is 101 cm³/mol. The summed E-state index contributed by atoms with van der Waals surface area (Å²) in [6, 6.07) is 5.07. The average molecular weight is 380 g/mol. The number of carbonyl (C=O) groups excluding carboxylic acids is 1. The number of nitrogens with zero attached hydrogens (tertiary/aromatic N) is 1. The minimum atomic E-state index is -3.57. The topological polar surface area (TPSA) is 78.5 Å². The first kappa shape index (κ1) is 19.3. The molecule has 2 fully saturated rings. The summed E-state index contributed by atoms with van der Waals surface area (Å²) in [6.45, 7) is 7.67. The molecule has 0 unspecified atom stereocenters. The Kier molecular flexibility index (Phi) is 5.69. The third-order valence-corrected chi connectivity index (χ3v) is 7.39. The van der Waals surface area contributed by atoms with E-state index in [4.69, 9.17) is 0 Å². The Morgan fingerprint density at radius 2 is 1.92 bits per heavy atom. The molecule has 144 valence electrons. The van der Waals surface area contributed by atoms with Gasteiger partial charge in [-0.1, -0.05) is 6.07 Å². The zero-order valence-corrected chi connectivity index (χ0v) is 16.5. The smallest absolute Gasteiger partial charge is 0.240 e. The van der Waals surface area contributed by atoms with E-state index in [1.807, 2.05) is 18.7 Å². The number of rotatable bonds is 5. The van der Waals surface area contributed by atoms with Crippen LogP contribution < -0.4 is 10.0 Å². The van der Waals surface area contributed by atoms with Gasteiger partial charge < -0.3 is 10.2 Å². The fourth-order valence-electron chi connectivity index (χ4n) is 3.87. The van der Waals surface area contributed by atoms with Crippen molar-refractivity contribution in [1.82, 2.24) is 14.9 Å². The number of piperidine rings is 1. The highest BCUT2D eigenvalue weighted by atomic mass is 32.2. The van der Waals surface area contributed by atoms with Crippen molar-refractivity contribution in [3.63, 3.8) is 0 Å². The molecule has 2 aliphatic rings. The maximum atomic E-state index is 12.4. The normalized spacial score (nSPS) is 19.8. The number of nitrogens with one attached hydrogen (secondary N) is 2. The Balaban J connectivity index is 1.48. The highest BCUT2D eigenvalue weighted by molar-refractivity contribution is 7.89. The summed E-state index contributed by atoms with van der Waals surface area (Å²) in [5.74, 6) is 0.0357. The van der Waals surface area contributed by atoms with E-state index in [1.165, 1.54) is 6.42 Å². The highest BCUT2D eigenvalue weighted by Crippen LogP contribution is 2.36. The molecule has 0 atom stereocenters. The van der Waals surface area contributed by atoms with Crippen LogP contribution in [0.1, 0.15) is 36.8 Å². The van der Waals surface area contributed by atoms with Gasteiger partial charge >= 0.3 is 0 Å². The Hall–Kier alpha value is -1.44. The number of sulfonamides is 1. The molecule has 1 spiro atoms. The average Bonchev–Trinajstić information content (AvgIpc) is 3.05. The summed E-state index contributed by atoms with van der Waals surface area (Å²) in [7, 11) is -3.57. The van der Waals surface area contributed by atoms with E-state index in [2.05, 4.69) is 10.0 Å². The van der Waals surface area contributed by atoms with Crippen LogP contribution in [0.25, 0.3) is 0 Å². The van der Waals surface area contributed by atoms with Crippen LogP contribution in [-0.2, 0) is 14.8 Å². The van der Waals surface area contributed by atoms with Crippen molar-refractivity contribution in [3.8, 4) is 0 Å². The number of amides is 1. The molecule has 2 heterocycles. The fraction of sp³-hybridized carbons (Fsp3) is 0.632. The Morgan fingerprint density at radius 3 is 2.54 bits per heavy atom. The molecule has 1 aromatic carbocycles. The van der Waals surface area contributed by atoms with Crippen LogP contribution in [0.2, 0.25) is 0 Å². The van der Waals surface area contributed by atoms with Crippen molar-refractivity contribution in [2.45, 2.75) is 44.4 Å². The Bertz CT molecular complexity index is 760. The fourth-order valence-corrected chi connectivity index (χ4v) is 4.98. The van der Waals surface area contributed by atoms with Crippen molar-refractivity contribution < 1.29 is 13.2 Å². The van der Waals surface area contributed by atoms with Gasteiger partial charge in [0.15, 0.2) is 0 Å². The number of hydrogen-bond donors (Lipinski definition) is 2. The number of carbonyl (C=O) groups is 1. The van der Waals surface area contributed by atoms with E-state index in [9.17, 15) is 13.2 Å². The molecular formula is C19H29N3O3S. The molecule has 2 saturated heterocycles. The van der Waals surface area contributed by atoms with Gasteiger partial charge in [0, 0.05) is 32.6 Å². The molecule has 3 rings (SSSR count). The second-order valence-corrected chi connectivity index (χ2v) is 9.47. The van der Waals surface area contributed by atoms with Crippen LogP contribution in [0.5, 0.6) is 0 Å². The van der Waals surface area contributed by atoms with Crippen LogP contribution in [0.3, 0.4) is 0 Å². The molecule has 7 heteroatoms. The number of likely N-dealkylation sites (tertiary alicyclic amines) is 1. The molecule has 1 amide bonds. The molecule has 0 bridgehead atoms. The molecule has 0 saturated carbocycles. The molecule has 2 N–H and O–H groups in total. The lowest BCUT2D eigenvalue weighted by atomic mass is 9.78. The predicted octanol–water partition coefficient (Wildman–Crippen LogP) is 1.57. The van der Waals surface area contributed by atoms with Crippen LogP contribution in [0.15, 0.2) is 23.1 Å². The number of hydrogen-bond acceptors (Lipinski definition) is 4. The molecule has 1 aromatic rings. The maximum absolute atomic E-state index is 12.4. The van der Waals surface area contributed by atoms with Crippen molar-refractivity contribution >= 4 is 15.9 Å². The summed E-state index contributed by atoms with van der Waals surface area (Å²) < 4.78 is 27.3. The third kappa shape index (κ3) is 4.27. The van der Waals surface area contributed by atoms with Crippen LogP contribution in [0.4, 0.5) is 0 Å². The van der Waals surface area contributed by atoms with E-state index in [0.29, 0.717) is 5.41 Å². The standard InChI is InChI=1S/C19H29N3O3S/c1-15-3-4-17(13-16(15)2)26(24,25)21-9-5-18(23)22-11-7-19(8-12-22)6-10-20-14-19/h3-4,13,20-21H,5-12,14H2,1-2H3. The van der Waals surface area contributed by atoms with Gasteiger partial charge in [-0.15, -0.1) is 0 Å². The van der Waals surface area contributed by atoms with E-state index in [0.717, 1.165) is 50.1 Å². The van der Waals surface area contributed by atoms with E-state index >= 15 is 0 Å². The molecule has 0 aliphatic carbocycles. The highest BCUT2D eigenvalue weighted by Gasteiger charge is 2.37. The molecule has 6 nitrogen and oxygen atoms in total. The van der Waals surface area contributed by atoms with Crippen LogP contribution in [0, 0.1) is 19.3 Å². The largest absolute Gasteiger partial charge is 0.343 e. The first-order chi connectivity index (χ1) is 12.3. The lowest BCUT2D eigenvalue weighted by molar-refractivity contribution is -0.133. The van der Waals surface area contributed by atoms with Crippen molar-refractivity contribution in [2.75, 3.05) is 32.7 Å². The van der Waals surface area contributed by atoms with Gasteiger partial charge in [-0.05, 0) is 68.3 Å². The maximum Gasteiger partial charge on any atom is 0.240 e. The van der Waals surface area contributed by atoms with E-state index in [-0.39, 0.29) is 23.8 Å². The van der Waals surface area contributed by atoms with Gasteiger partial charge in [-0.25, -0.2) is 13.1 Å². The third-order valence-electron chi connectivity index (χ3n) is 5.93. The SMILES string of the molecule is Cc1ccc(S(=O)(=O)NCCC(=O)N2CCC3(CCNC3)CC2)cc1C. The molecular weight excluding hydrogens is 350 g/mol. The Labute approximate surface area is 156 Å². The molecule has 26 heavy (non-hydrogen) atoms. The minimum Gasteiger partial charge on any atom is -0.343 e. The number of aryl methyl sites for hydroxylation is 2. The molecule has 0 radical (unpaired) electrons. The van der Waals surface area contributed by atoms with Crippen molar-refractivity contribution in [1.29, 1.82) is 0 Å². The van der Waals surface area contributed by atoms with Gasteiger partial charge in [0.25, 0.3) is 0 Å². The van der Waals surface area contributed by atoms with Gasteiger partial charge in [-0.2, -0.15) is 0 Å². The van der Waals surface area contributed by atoms with E-state index in [1.54, 1.807) is 18.2 Å². The number of benzene rings is 1. The summed E-state index contributed by atoms with van der Waals surface area (Å²) in [4.78, 5) is 14.5. The summed E-state index contributed by atoms with van der Waals surface area (Å²) in [6.07, 6.45) is 3.49. The zero-order chi connectivity index (χ0) is 18.8. The second-order valence-electron chi connectivity index (χ2n) is 7.70. The lowest BCUT2D eigenvalue weighted by Crippen LogP contribution is -2.44. The first-order valence-corrected chi connectivity index (χ1v) is 10.9. The lowest BCUT2D eigenvalue weighted by Gasteiger charge is -2.39. The van der Waals surface area contributed by atoms with Gasteiger partial charge in [0.05, 0.1) is 4.90 Å². The summed E-state index contributed by atoms with van der Waals surface area (Å²) in [5.41, 5.74) is 2.37. The Morgan fingerprint density at radius 1 is 1.19 bits per heavy atom. The molecule has 2 aliphatic heterocycles. The van der Waals surface area contributed by atoms with Crippen molar-refractivity contribution in [3.05, 3.63) is 29.3 Å². The van der Waals surface area contributed by atoms with Crippen LogP contribution >= 0.6 is 0 Å². The van der Waals surface area contributed by atoms with Gasteiger partial charge in [0.1, 0.15) is 0 Å². The summed E-state index contributed by atoms with van der Waals surface area (Å²) in [5, 5.41) is 3.42. The quantitative estimate of drug-likeness (QED) is 0.814. The van der Waals surface area contributed by atoms with Crippen molar-refractivity contribution in [2.24, 2.45) is 5.41 Å². The van der Waals surface area contributed by atoms with Crippen LogP contribution in [-0.4, -0.2) is 51.9 Å². The van der Waals surface area contributed by atoms with Gasteiger partial charge in [-0.3, -0.25) is 4.79 Å². The summed E-state index contributed by atoms with van der Waals surface area (Å²) >= 11 is 0. The first-order valence-electron chi connectivity index (χ1n) is 9.37. The van der Waals surface area contributed by atoms with E-state index < -0.39 is 10.0 Å². The van der Waals surface area contributed by atoms with Gasteiger partial charge in [0.2, 0.25) is 15.9 Å². The monoisotopic (exact) mass is 379 g/mol. The zero-order valence-electron chi connectivity index (χ0n) is 15.7. The molecule has 0 aromatic heterocycles. The minimum absolute atomic E-state index is 0.0357.